The van der Waals surface area contributed by atoms with Crippen LogP contribution >= 0.6 is 0 Å². The molecule has 0 spiro atoms. The van der Waals surface area contributed by atoms with E-state index >= 15 is 0 Å². The van der Waals surface area contributed by atoms with Gasteiger partial charge in [-0.15, -0.1) is 0 Å². The summed E-state index contributed by atoms with van der Waals surface area (Å²) >= 11 is 0. The van der Waals surface area contributed by atoms with Crippen molar-refractivity contribution in [2.24, 2.45) is 0 Å². The lowest BCUT2D eigenvalue weighted by Crippen LogP contribution is -2.43. The highest BCUT2D eigenvalue weighted by Gasteiger charge is 2.39. The average molecular weight is 498 g/mol. The number of hydrogen-bond acceptors (Lipinski definition) is 4. The van der Waals surface area contributed by atoms with E-state index in [1.165, 1.54) is 13.3 Å². The highest BCUT2D eigenvalue weighted by Crippen LogP contribution is 2.40. The Labute approximate surface area is 198 Å². The van der Waals surface area contributed by atoms with Gasteiger partial charge < -0.3 is 4.74 Å². The van der Waals surface area contributed by atoms with Crippen molar-refractivity contribution in [1.82, 2.24) is 20.1 Å². The van der Waals surface area contributed by atoms with Crippen LogP contribution in [0, 0.1) is 0 Å². The van der Waals surface area contributed by atoms with Crippen molar-refractivity contribution in [3.63, 3.8) is 0 Å². The number of likely N-dealkylation sites (tertiary alicyclic amines) is 1. The molecule has 3 atom stereocenters. The number of piperidine rings is 1. The van der Waals surface area contributed by atoms with Crippen LogP contribution in [-0.2, 0) is 23.6 Å². The quantitative estimate of drug-likeness (QED) is 0.404. The van der Waals surface area contributed by atoms with Crippen LogP contribution in [0.2, 0.25) is 0 Å². The number of benzene rings is 2. The van der Waals surface area contributed by atoms with Crippen LogP contribution in [-0.4, -0.2) is 32.7 Å². The number of ether oxygens (including phenoxy) is 1. The lowest BCUT2D eigenvalue weighted by atomic mass is 9.91. The fraction of sp³-hybridized carbons (Fsp3) is 0.417. The van der Waals surface area contributed by atoms with Crippen molar-refractivity contribution in [1.29, 1.82) is 0 Å². The van der Waals surface area contributed by atoms with Crippen molar-refractivity contribution in [3.8, 4) is 0 Å². The molecular formula is C24H24F6N4O. The summed E-state index contributed by atoms with van der Waals surface area (Å²) in [5, 5.41) is 6.69. The Kier molecular flexibility index (Phi) is 7.18. The van der Waals surface area contributed by atoms with Crippen LogP contribution in [0.1, 0.15) is 60.0 Å². The third-order valence-corrected chi connectivity index (χ3v) is 6.10. The van der Waals surface area contributed by atoms with Gasteiger partial charge in [-0.2, -0.15) is 31.4 Å². The molecule has 1 N–H and O–H groups in total. The zero-order valence-electron chi connectivity index (χ0n) is 18.8. The molecule has 1 fully saturated rings. The van der Waals surface area contributed by atoms with Crippen molar-refractivity contribution in [2.45, 2.75) is 56.9 Å². The molecule has 0 aliphatic carbocycles. The minimum atomic E-state index is -4.92. The Morgan fingerprint density at radius 2 is 1.69 bits per heavy atom. The maximum atomic E-state index is 13.3. The molecule has 1 aliphatic rings. The van der Waals surface area contributed by atoms with Crippen molar-refractivity contribution in [2.75, 3.05) is 6.54 Å². The Hall–Kier alpha value is -2.92. The molecule has 11 heteroatoms. The van der Waals surface area contributed by atoms with E-state index < -0.39 is 35.7 Å². The number of rotatable bonds is 6. The number of hydrogen-bond donors (Lipinski definition) is 1. The van der Waals surface area contributed by atoms with Gasteiger partial charge in [0.15, 0.2) is 0 Å². The molecule has 35 heavy (non-hydrogen) atoms. The van der Waals surface area contributed by atoms with Crippen LogP contribution < -0.4 is 0 Å². The van der Waals surface area contributed by atoms with E-state index in [-0.39, 0.29) is 17.7 Å². The van der Waals surface area contributed by atoms with E-state index in [1.807, 2.05) is 30.3 Å². The molecule has 0 radical (unpaired) electrons. The maximum Gasteiger partial charge on any atom is 0.416 e. The van der Waals surface area contributed by atoms with Crippen molar-refractivity contribution < 1.29 is 31.1 Å². The summed E-state index contributed by atoms with van der Waals surface area (Å²) in [7, 11) is 0. The Morgan fingerprint density at radius 3 is 2.26 bits per heavy atom. The number of halogens is 6. The second-order valence-electron chi connectivity index (χ2n) is 8.56. The molecule has 2 heterocycles. The van der Waals surface area contributed by atoms with Crippen molar-refractivity contribution >= 4 is 0 Å². The second kappa shape index (κ2) is 9.98. The normalized spacial score (nSPS) is 20.7. The maximum absolute atomic E-state index is 13.3. The van der Waals surface area contributed by atoms with E-state index in [4.69, 9.17) is 4.74 Å². The number of aromatic amines is 1. The topological polar surface area (TPSA) is 54.0 Å². The summed E-state index contributed by atoms with van der Waals surface area (Å²) in [5.74, 6) is 0.646. The van der Waals surface area contributed by atoms with Crippen LogP contribution in [0.4, 0.5) is 26.3 Å². The van der Waals surface area contributed by atoms with Gasteiger partial charge in [0.2, 0.25) is 0 Å². The smallest absolute Gasteiger partial charge is 0.369 e. The van der Waals surface area contributed by atoms with Gasteiger partial charge in [-0.25, -0.2) is 4.98 Å². The molecular weight excluding hydrogens is 474 g/mol. The van der Waals surface area contributed by atoms with Gasteiger partial charge in [-0.1, -0.05) is 30.3 Å². The number of alkyl halides is 6. The summed E-state index contributed by atoms with van der Waals surface area (Å²) in [6.45, 7) is 2.64. The van der Waals surface area contributed by atoms with Gasteiger partial charge in [-0.05, 0) is 55.6 Å². The molecule has 1 aromatic heterocycles. The molecule has 1 aliphatic heterocycles. The van der Waals surface area contributed by atoms with Crippen LogP contribution in [0.25, 0.3) is 0 Å². The van der Waals surface area contributed by atoms with Gasteiger partial charge in [-0.3, -0.25) is 10.00 Å². The first-order valence-corrected chi connectivity index (χ1v) is 11.1. The van der Waals surface area contributed by atoms with Gasteiger partial charge in [0.25, 0.3) is 0 Å². The highest BCUT2D eigenvalue weighted by molar-refractivity contribution is 5.35. The standard InChI is InChI=1S/C24H24F6N4O/c1-15(17-10-18(23(25,26)27)12-19(11-17)24(28,29)30)35-20-8-5-9-34(13-21-31-14-32-33-21)22(20)16-6-3-2-4-7-16/h2-4,6-7,10-12,14-15,20,22H,5,8-9,13H2,1H3,(H,31,32,33). The first kappa shape index (κ1) is 25.2. The first-order chi connectivity index (χ1) is 16.5. The predicted molar refractivity (Wildman–Crippen MR) is 115 cm³/mol. The van der Waals surface area contributed by atoms with Gasteiger partial charge in [0.1, 0.15) is 12.2 Å². The first-order valence-electron chi connectivity index (χ1n) is 11.1. The average Bonchev–Trinajstić information content (AvgIpc) is 3.31. The van der Waals surface area contributed by atoms with Crippen LogP contribution in [0.15, 0.2) is 54.9 Å². The number of aromatic nitrogens is 3. The predicted octanol–water partition coefficient (Wildman–Crippen LogP) is 6.33. The summed E-state index contributed by atoms with van der Waals surface area (Å²) in [5.41, 5.74) is -1.95. The molecule has 2 aromatic carbocycles. The second-order valence-corrected chi connectivity index (χ2v) is 8.56. The summed E-state index contributed by atoms with van der Waals surface area (Å²) in [6.07, 6.45) is -8.55. The molecule has 0 amide bonds. The van der Waals surface area contributed by atoms with Crippen molar-refractivity contribution in [3.05, 3.63) is 82.9 Å². The zero-order chi connectivity index (χ0) is 25.2. The minimum Gasteiger partial charge on any atom is -0.369 e. The Bertz CT molecular complexity index is 1070. The third-order valence-electron chi connectivity index (χ3n) is 6.10. The molecule has 3 aromatic rings. The van der Waals surface area contributed by atoms with E-state index in [1.54, 1.807) is 0 Å². The molecule has 0 saturated carbocycles. The SMILES string of the molecule is CC(OC1CCCN(Cc2ncn[nH]2)C1c1ccccc1)c1cc(C(F)(F)F)cc(C(F)(F)F)c1. The highest BCUT2D eigenvalue weighted by atomic mass is 19.4. The fourth-order valence-electron chi connectivity index (χ4n) is 4.48. The largest absolute Gasteiger partial charge is 0.416 e. The zero-order valence-corrected chi connectivity index (χ0v) is 18.8. The van der Waals surface area contributed by atoms with E-state index in [0.29, 0.717) is 18.8 Å². The Morgan fingerprint density at radius 1 is 1.03 bits per heavy atom. The summed E-state index contributed by atoms with van der Waals surface area (Å²) in [6, 6.07) is 10.8. The molecule has 4 rings (SSSR count). The Balaban J connectivity index is 1.64. The summed E-state index contributed by atoms with van der Waals surface area (Å²) < 4.78 is 86.3. The van der Waals surface area contributed by atoms with Gasteiger partial charge >= 0.3 is 12.4 Å². The van der Waals surface area contributed by atoms with Crippen LogP contribution in [0.3, 0.4) is 0 Å². The van der Waals surface area contributed by atoms with E-state index in [9.17, 15) is 26.3 Å². The number of nitrogens with one attached hydrogen (secondary N) is 1. The molecule has 3 unspecified atom stereocenters. The van der Waals surface area contributed by atoms with E-state index in [2.05, 4.69) is 20.1 Å². The number of nitrogens with zero attached hydrogens (tertiary/aromatic N) is 3. The van der Waals surface area contributed by atoms with Crippen LogP contribution in [0.5, 0.6) is 0 Å². The monoisotopic (exact) mass is 498 g/mol. The van der Waals surface area contributed by atoms with E-state index in [0.717, 1.165) is 30.7 Å². The fourth-order valence-corrected chi connectivity index (χ4v) is 4.48. The lowest BCUT2D eigenvalue weighted by Gasteiger charge is -2.42. The van der Waals surface area contributed by atoms with Gasteiger partial charge in [0.05, 0.1) is 35.9 Å². The molecule has 1 saturated heterocycles. The number of H-pyrrole nitrogens is 1. The minimum absolute atomic E-state index is 0.128. The van der Waals surface area contributed by atoms with Gasteiger partial charge in [0, 0.05) is 0 Å². The molecule has 5 nitrogen and oxygen atoms in total. The molecule has 0 bridgehead atoms. The third kappa shape index (κ3) is 6.02. The lowest BCUT2D eigenvalue weighted by molar-refractivity contribution is -0.143. The summed E-state index contributed by atoms with van der Waals surface area (Å²) in [4.78, 5) is 6.30. The molecule has 188 valence electrons.